The Bertz CT molecular complexity index is 530. The first-order chi connectivity index (χ1) is 10.1. The average Bonchev–Trinajstić information content (AvgIpc) is 2.49. The zero-order valence-corrected chi connectivity index (χ0v) is 12.8. The number of nitrogens with one attached hydrogen (secondary N) is 1. The number of rotatable bonds is 5. The van der Waals surface area contributed by atoms with Crippen LogP contribution in [0.5, 0.6) is 5.75 Å². The van der Waals surface area contributed by atoms with E-state index >= 15 is 0 Å². The average molecular weight is 290 g/mol. The highest BCUT2D eigenvalue weighted by Gasteiger charge is 2.37. The van der Waals surface area contributed by atoms with Crippen molar-refractivity contribution in [2.24, 2.45) is 0 Å². The van der Waals surface area contributed by atoms with Crippen LogP contribution in [0.15, 0.2) is 24.3 Å². The van der Waals surface area contributed by atoms with E-state index in [1.165, 1.54) is 0 Å². The van der Waals surface area contributed by atoms with Crippen molar-refractivity contribution < 1.29 is 14.3 Å². The van der Waals surface area contributed by atoms with E-state index in [0.717, 1.165) is 17.7 Å². The van der Waals surface area contributed by atoms with Crippen LogP contribution >= 0.6 is 0 Å². The molecule has 0 aromatic heterocycles. The lowest BCUT2D eigenvalue weighted by molar-refractivity contribution is -0.149. The third kappa shape index (κ3) is 3.35. The highest BCUT2D eigenvalue weighted by molar-refractivity contribution is 5.96. The second-order valence-electron chi connectivity index (χ2n) is 5.34. The van der Waals surface area contributed by atoms with E-state index in [1.54, 1.807) is 18.9 Å². The number of carbonyl (C=O) groups excluding carboxylic acids is 2. The Balaban J connectivity index is 2.18. The molecule has 2 amide bonds. The SMILES string of the molecule is CCCC1NC(=O)C(C)N(Cc2cccc(OC)c2)C1=O. The Labute approximate surface area is 125 Å². The zero-order chi connectivity index (χ0) is 15.4. The zero-order valence-electron chi connectivity index (χ0n) is 12.8. The standard InChI is InChI=1S/C16H22N2O3/c1-4-6-14-16(20)18(11(2)15(19)17-14)10-12-7-5-8-13(9-12)21-3/h5,7-9,11,14H,4,6,10H2,1-3H3,(H,17,19). The fourth-order valence-electron chi connectivity index (χ4n) is 2.55. The van der Waals surface area contributed by atoms with Crippen LogP contribution in [0.3, 0.4) is 0 Å². The van der Waals surface area contributed by atoms with Crippen molar-refractivity contribution in [3.63, 3.8) is 0 Å². The largest absolute Gasteiger partial charge is 0.497 e. The number of amides is 2. The molecule has 1 N–H and O–H groups in total. The second-order valence-corrected chi connectivity index (χ2v) is 5.34. The highest BCUT2D eigenvalue weighted by Crippen LogP contribution is 2.19. The van der Waals surface area contributed by atoms with Gasteiger partial charge in [-0.05, 0) is 31.0 Å². The molecule has 2 atom stereocenters. The lowest BCUT2D eigenvalue weighted by Crippen LogP contribution is -2.61. The van der Waals surface area contributed by atoms with Gasteiger partial charge < -0.3 is 15.0 Å². The number of hydrogen-bond donors (Lipinski definition) is 1. The van der Waals surface area contributed by atoms with E-state index in [9.17, 15) is 9.59 Å². The van der Waals surface area contributed by atoms with E-state index in [1.807, 2.05) is 31.2 Å². The maximum absolute atomic E-state index is 12.5. The van der Waals surface area contributed by atoms with Crippen LogP contribution in [0.2, 0.25) is 0 Å². The summed E-state index contributed by atoms with van der Waals surface area (Å²) >= 11 is 0. The van der Waals surface area contributed by atoms with E-state index in [-0.39, 0.29) is 11.8 Å². The maximum Gasteiger partial charge on any atom is 0.246 e. The van der Waals surface area contributed by atoms with Crippen LogP contribution in [0, 0.1) is 0 Å². The van der Waals surface area contributed by atoms with E-state index < -0.39 is 12.1 Å². The Morgan fingerprint density at radius 3 is 2.76 bits per heavy atom. The summed E-state index contributed by atoms with van der Waals surface area (Å²) in [6.45, 7) is 4.18. The van der Waals surface area contributed by atoms with Gasteiger partial charge in [0.2, 0.25) is 11.8 Å². The second kappa shape index (κ2) is 6.61. The van der Waals surface area contributed by atoms with E-state index in [4.69, 9.17) is 4.74 Å². The van der Waals surface area contributed by atoms with Crippen molar-refractivity contribution in [3.05, 3.63) is 29.8 Å². The first-order valence-corrected chi connectivity index (χ1v) is 7.30. The molecule has 5 nitrogen and oxygen atoms in total. The van der Waals surface area contributed by atoms with Gasteiger partial charge in [0.1, 0.15) is 17.8 Å². The van der Waals surface area contributed by atoms with Crippen LogP contribution in [0.1, 0.15) is 32.3 Å². The molecule has 5 heteroatoms. The molecule has 21 heavy (non-hydrogen) atoms. The summed E-state index contributed by atoms with van der Waals surface area (Å²) < 4.78 is 5.20. The van der Waals surface area contributed by atoms with Gasteiger partial charge in [0.05, 0.1) is 7.11 Å². The molecule has 1 aromatic carbocycles. The molecule has 0 spiro atoms. The minimum Gasteiger partial charge on any atom is -0.497 e. The molecule has 2 rings (SSSR count). The van der Waals surface area contributed by atoms with Crippen molar-refractivity contribution in [3.8, 4) is 5.75 Å². The summed E-state index contributed by atoms with van der Waals surface area (Å²) in [4.78, 5) is 26.2. The van der Waals surface area contributed by atoms with E-state index in [0.29, 0.717) is 13.0 Å². The predicted molar refractivity (Wildman–Crippen MR) is 79.8 cm³/mol. The number of benzene rings is 1. The summed E-state index contributed by atoms with van der Waals surface area (Å²) in [7, 11) is 1.61. The molecule has 0 saturated carbocycles. The minimum absolute atomic E-state index is 0.00762. The van der Waals surface area contributed by atoms with Crippen molar-refractivity contribution in [1.29, 1.82) is 0 Å². The van der Waals surface area contributed by atoms with Crippen molar-refractivity contribution >= 4 is 11.8 Å². The quantitative estimate of drug-likeness (QED) is 0.898. The van der Waals surface area contributed by atoms with Crippen molar-refractivity contribution in [1.82, 2.24) is 10.2 Å². The number of carbonyl (C=O) groups is 2. The number of nitrogens with zero attached hydrogens (tertiary/aromatic N) is 1. The highest BCUT2D eigenvalue weighted by atomic mass is 16.5. The van der Waals surface area contributed by atoms with Gasteiger partial charge in [-0.25, -0.2) is 0 Å². The first kappa shape index (κ1) is 15.4. The van der Waals surface area contributed by atoms with Gasteiger partial charge in [-0.15, -0.1) is 0 Å². The van der Waals surface area contributed by atoms with Crippen molar-refractivity contribution in [2.75, 3.05) is 7.11 Å². The fraction of sp³-hybridized carbons (Fsp3) is 0.500. The third-order valence-electron chi connectivity index (χ3n) is 3.81. The lowest BCUT2D eigenvalue weighted by atomic mass is 10.0. The molecule has 114 valence electrons. The molecule has 0 aliphatic carbocycles. The van der Waals surface area contributed by atoms with Crippen molar-refractivity contribution in [2.45, 2.75) is 45.3 Å². The molecule has 2 unspecified atom stereocenters. The van der Waals surface area contributed by atoms with Gasteiger partial charge in [-0.3, -0.25) is 9.59 Å². The number of ether oxygens (including phenoxy) is 1. The molecule has 1 aromatic rings. The van der Waals surface area contributed by atoms with Crippen LogP contribution in [0.25, 0.3) is 0 Å². The topological polar surface area (TPSA) is 58.6 Å². The number of piperazine rings is 1. The summed E-state index contributed by atoms with van der Waals surface area (Å²) in [5.41, 5.74) is 0.958. The summed E-state index contributed by atoms with van der Waals surface area (Å²) in [6.07, 6.45) is 1.53. The Morgan fingerprint density at radius 2 is 2.10 bits per heavy atom. The van der Waals surface area contributed by atoms with Gasteiger partial charge in [-0.1, -0.05) is 25.5 Å². The summed E-state index contributed by atoms with van der Waals surface area (Å²) in [5, 5.41) is 2.80. The predicted octanol–water partition coefficient (Wildman–Crippen LogP) is 1.71. The van der Waals surface area contributed by atoms with Crippen LogP contribution in [-0.2, 0) is 16.1 Å². The Hall–Kier alpha value is -2.04. The molecule has 1 fully saturated rings. The molecular formula is C16H22N2O3. The van der Waals surface area contributed by atoms with Gasteiger partial charge >= 0.3 is 0 Å². The molecule has 0 radical (unpaired) electrons. The first-order valence-electron chi connectivity index (χ1n) is 7.30. The minimum atomic E-state index is -0.447. The van der Waals surface area contributed by atoms with Gasteiger partial charge in [0.25, 0.3) is 0 Å². The number of methoxy groups -OCH3 is 1. The smallest absolute Gasteiger partial charge is 0.246 e. The maximum atomic E-state index is 12.5. The summed E-state index contributed by atoms with van der Waals surface area (Å²) in [5.74, 6) is 0.655. The van der Waals surface area contributed by atoms with Gasteiger partial charge in [0.15, 0.2) is 0 Å². The normalized spacial score (nSPS) is 22.1. The molecule has 1 saturated heterocycles. The molecular weight excluding hydrogens is 268 g/mol. The van der Waals surface area contributed by atoms with E-state index in [2.05, 4.69) is 5.32 Å². The Morgan fingerprint density at radius 1 is 1.33 bits per heavy atom. The van der Waals surface area contributed by atoms with Crippen LogP contribution in [-0.4, -0.2) is 35.9 Å². The van der Waals surface area contributed by atoms with Crippen LogP contribution in [0.4, 0.5) is 0 Å². The summed E-state index contributed by atoms with van der Waals surface area (Å²) in [6, 6.07) is 6.72. The van der Waals surface area contributed by atoms with Gasteiger partial charge in [-0.2, -0.15) is 0 Å². The lowest BCUT2D eigenvalue weighted by Gasteiger charge is -2.37. The molecule has 0 bridgehead atoms. The number of hydrogen-bond acceptors (Lipinski definition) is 3. The monoisotopic (exact) mass is 290 g/mol. The molecule has 1 aliphatic heterocycles. The van der Waals surface area contributed by atoms with Gasteiger partial charge in [0, 0.05) is 6.54 Å². The molecule has 1 heterocycles. The Kier molecular flexibility index (Phi) is 4.83. The third-order valence-corrected chi connectivity index (χ3v) is 3.81. The van der Waals surface area contributed by atoms with Crippen LogP contribution < -0.4 is 10.1 Å². The molecule has 1 aliphatic rings. The fourth-order valence-corrected chi connectivity index (χ4v) is 2.55.